The third kappa shape index (κ3) is 5.50. The Morgan fingerprint density at radius 2 is 2.13 bits per heavy atom. The van der Waals surface area contributed by atoms with Crippen LogP contribution in [0.5, 0.6) is 0 Å². The minimum atomic E-state index is 0.437. The summed E-state index contributed by atoms with van der Waals surface area (Å²) in [7, 11) is 0. The first-order chi connectivity index (χ1) is 15.1. The fourth-order valence-corrected chi connectivity index (χ4v) is 3.92. The molecule has 1 aliphatic rings. The van der Waals surface area contributed by atoms with Crippen molar-refractivity contribution in [2.45, 2.75) is 53.1 Å². The van der Waals surface area contributed by atoms with Gasteiger partial charge in [0.05, 0.1) is 17.3 Å². The number of nitrogens with zero attached hydrogens (tertiary/aromatic N) is 3. The van der Waals surface area contributed by atoms with Crippen LogP contribution in [0.1, 0.15) is 49.1 Å². The van der Waals surface area contributed by atoms with E-state index in [0.717, 1.165) is 64.7 Å². The van der Waals surface area contributed by atoms with Crippen molar-refractivity contribution in [1.82, 2.24) is 20.8 Å². The molecule has 1 atom stereocenters. The van der Waals surface area contributed by atoms with E-state index in [1.807, 2.05) is 39.0 Å². The average Bonchev–Trinajstić information content (AvgIpc) is 3.27. The van der Waals surface area contributed by atoms with Crippen LogP contribution < -0.4 is 26.4 Å². The lowest BCUT2D eigenvalue weighted by molar-refractivity contribution is 0.624. The summed E-state index contributed by atoms with van der Waals surface area (Å²) in [5.74, 6) is 0.744. The Kier molecular flexibility index (Phi) is 7.80. The van der Waals surface area contributed by atoms with E-state index in [-0.39, 0.29) is 0 Å². The van der Waals surface area contributed by atoms with Crippen LogP contribution in [0.3, 0.4) is 0 Å². The molecular weight excluding hydrogens is 384 g/mol. The minimum Gasteiger partial charge on any atom is -0.381 e. The first-order valence-electron chi connectivity index (χ1n) is 11.0. The molecule has 2 heterocycles. The number of rotatable bonds is 7. The molecule has 3 N–H and O–H groups in total. The molecule has 0 saturated carbocycles. The van der Waals surface area contributed by atoms with Crippen molar-refractivity contribution in [1.29, 1.82) is 5.26 Å². The smallest absolute Gasteiger partial charge is 0.156 e. The summed E-state index contributed by atoms with van der Waals surface area (Å²) in [6, 6.07) is 8.50. The molecule has 1 aliphatic heterocycles. The first-order valence-corrected chi connectivity index (χ1v) is 11.0. The zero-order valence-electron chi connectivity index (χ0n) is 18.9. The number of aryl methyl sites for hydroxylation is 1. The average molecular weight is 417 g/mol. The molecule has 0 aliphatic carbocycles. The maximum absolute atomic E-state index is 9.32. The van der Waals surface area contributed by atoms with Crippen molar-refractivity contribution in [3.8, 4) is 6.07 Å². The molecule has 2 aromatic rings. The summed E-state index contributed by atoms with van der Waals surface area (Å²) >= 11 is 0. The molecule has 0 radical (unpaired) electrons. The van der Waals surface area contributed by atoms with Gasteiger partial charge in [0.1, 0.15) is 0 Å². The lowest BCUT2D eigenvalue weighted by Crippen LogP contribution is -2.35. The van der Waals surface area contributed by atoms with Crippen LogP contribution in [0.15, 0.2) is 30.0 Å². The third-order valence-corrected chi connectivity index (χ3v) is 5.69. The molecule has 3 rings (SSSR count). The molecular formula is C25H32N6. The van der Waals surface area contributed by atoms with Gasteiger partial charge >= 0.3 is 0 Å². The second kappa shape index (κ2) is 10.7. The van der Waals surface area contributed by atoms with E-state index >= 15 is 0 Å². The van der Waals surface area contributed by atoms with Gasteiger partial charge in [0.15, 0.2) is 5.82 Å². The van der Waals surface area contributed by atoms with E-state index in [4.69, 9.17) is 0 Å². The van der Waals surface area contributed by atoms with Crippen LogP contribution in [-0.4, -0.2) is 29.3 Å². The second-order valence-corrected chi connectivity index (χ2v) is 7.85. The van der Waals surface area contributed by atoms with E-state index < -0.39 is 0 Å². The van der Waals surface area contributed by atoms with Gasteiger partial charge in [-0.15, -0.1) is 5.10 Å². The van der Waals surface area contributed by atoms with Crippen molar-refractivity contribution < 1.29 is 0 Å². The van der Waals surface area contributed by atoms with E-state index in [2.05, 4.69) is 57.4 Å². The molecule has 162 valence electrons. The predicted molar refractivity (Wildman–Crippen MR) is 127 cm³/mol. The number of hydrogen-bond donors (Lipinski definition) is 3. The van der Waals surface area contributed by atoms with Gasteiger partial charge in [-0.2, -0.15) is 10.4 Å². The first kappa shape index (κ1) is 22.5. The normalized spacial score (nSPS) is 17.6. The summed E-state index contributed by atoms with van der Waals surface area (Å²) in [6.07, 6.45) is 8.56. The Labute approximate surface area is 184 Å². The van der Waals surface area contributed by atoms with Gasteiger partial charge in [-0.1, -0.05) is 31.2 Å². The van der Waals surface area contributed by atoms with Crippen molar-refractivity contribution in [3.05, 3.63) is 62.8 Å². The SMILES string of the molecule is C/C=c1/c(C)nnc(NCc2cccc(C#N)c2C)/c1=C/C(=C/CC)NC1CCNC1. The topological polar surface area (TPSA) is 85.7 Å². The highest BCUT2D eigenvalue weighted by molar-refractivity contribution is 5.55. The number of aromatic nitrogens is 2. The second-order valence-electron chi connectivity index (χ2n) is 7.85. The molecule has 31 heavy (non-hydrogen) atoms. The number of hydrogen-bond acceptors (Lipinski definition) is 6. The Balaban J connectivity index is 1.99. The Morgan fingerprint density at radius 1 is 1.29 bits per heavy atom. The zero-order valence-corrected chi connectivity index (χ0v) is 18.9. The van der Waals surface area contributed by atoms with Crippen LogP contribution in [0, 0.1) is 25.2 Å². The van der Waals surface area contributed by atoms with Gasteiger partial charge in [0, 0.05) is 35.3 Å². The molecule has 1 aromatic heterocycles. The zero-order chi connectivity index (χ0) is 22.2. The summed E-state index contributed by atoms with van der Waals surface area (Å²) in [5.41, 5.74) is 4.78. The van der Waals surface area contributed by atoms with E-state index in [1.54, 1.807) is 0 Å². The van der Waals surface area contributed by atoms with Crippen LogP contribution in [0.25, 0.3) is 12.2 Å². The molecule has 1 unspecified atom stereocenters. The number of benzene rings is 1. The molecule has 0 amide bonds. The number of nitriles is 1. The van der Waals surface area contributed by atoms with Crippen LogP contribution >= 0.6 is 0 Å². The number of anilines is 1. The molecule has 6 nitrogen and oxygen atoms in total. The van der Waals surface area contributed by atoms with Crippen molar-refractivity contribution >= 4 is 18.0 Å². The summed E-state index contributed by atoms with van der Waals surface area (Å²) < 4.78 is 0. The number of allylic oxidation sites excluding steroid dienone is 2. The maximum atomic E-state index is 9.32. The molecule has 1 aromatic carbocycles. The van der Waals surface area contributed by atoms with Gasteiger partial charge in [0.25, 0.3) is 0 Å². The monoisotopic (exact) mass is 416 g/mol. The quantitative estimate of drug-likeness (QED) is 0.643. The standard InChI is InChI=1S/C25H32N6/c1-5-8-21(29-22-11-12-27-16-22)13-24-23(6-2)18(4)30-31-25(24)28-15-20-10-7-9-19(14-26)17(20)3/h6-10,13,22,27,29H,5,11-12,15-16H2,1-4H3,(H,28,31)/b21-8-,23-6-,24-13+. The van der Waals surface area contributed by atoms with Crippen molar-refractivity contribution in [2.24, 2.45) is 0 Å². The van der Waals surface area contributed by atoms with Crippen LogP contribution in [0.4, 0.5) is 5.82 Å². The molecule has 6 heteroatoms. The highest BCUT2D eigenvalue weighted by Crippen LogP contribution is 2.14. The van der Waals surface area contributed by atoms with Crippen molar-refractivity contribution in [3.63, 3.8) is 0 Å². The van der Waals surface area contributed by atoms with Gasteiger partial charge in [0.2, 0.25) is 0 Å². The highest BCUT2D eigenvalue weighted by atomic mass is 15.2. The van der Waals surface area contributed by atoms with E-state index in [1.165, 1.54) is 0 Å². The van der Waals surface area contributed by atoms with Crippen LogP contribution in [0.2, 0.25) is 0 Å². The van der Waals surface area contributed by atoms with E-state index in [9.17, 15) is 5.26 Å². The summed E-state index contributed by atoms with van der Waals surface area (Å²) in [4.78, 5) is 0. The largest absolute Gasteiger partial charge is 0.381 e. The predicted octanol–water partition coefficient (Wildman–Crippen LogP) is 2.40. The minimum absolute atomic E-state index is 0.437. The fraction of sp³-hybridized carbons (Fsp3) is 0.400. The molecule has 0 bridgehead atoms. The van der Waals surface area contributed by atoms with Crippen LogP contribution in [-0.2, 0) is 6.54 Å². The lowest BCUT2D eigenvalue weighted by atomic mass is 10.0. The summed E-state index contributed by atoms with van der Waals surface area (Å²) in [6.45, 7) is 10.8. The molecule has 1 fully saturated rings. The third-order valence-electron chi connectivity index (χ3n) is 5.69. The van der Waals surface area contributed by atoms with Gasteiger partial charge in [-0.25, -0.2) is 0 Å². The Hall–Kier alpha value is -3.17. The van der Waals surface area contributed by atoms with Crippen molar-refractivity contribution in [2.75, 3.05) is 18.4 Å². The number of nitrogens with one attached hydrogen (secondary N) is 3. The fourth-order valence-electron chi connectivity index (χ4n) is 3.92. The van der Waals surface area contributed by atoms with Gasteiger partial charge in [-0.05, 0) is 63.4 Å². The Morgan fingerprint density at radius 3 is 2.81 bits per heavy atom. The highest BCUT2D eigenvalue weighted by Gasteiger charge is 2.14. The van der Waals surface area contributed by atoms with Gasteiger partial charge in [-0.3, -0.25) is 0 Å². The molecule has 1 saturated heterocycles. The molecule has 0 spiro atoms. The van der Waals surface area contributed by atoms with E-state index in [0.29, 0.717) is 18.2 Å². The summed E-state index contributed by atoms with van der Waals surface area (Å²) in [5, 5.41) is 30.8. The maximum Gasteiger partial charge on any atom is 0.156 e. The van der Waals surface area contributed by atoms with Gasteiger partial charge < -0.3 is 16.0 Å². The lowest BCUT2D eigenvalue weighted by Gasteiger charge is -2.15. The Bertz CT molecular complexity index is 1100.